The molecule has 6 nitrogen and oxygen atoms in total. The number of carbonyl (C=O) groups is 2. The Bertz CT molecular complexity index is 756. The predicted molar refractivity (Wildman–Crippen MR) is 92.1 cm³/mol. The average Bonchev–Trinajstić information content (AvgIpc) is 2.96. The van der Waals surface area contributed by atoms with Gasteiger partial charge in [-0.1, -0.05) is 12.2 Å². The number of amides is 1. The Balaban J connectivity index is 1.59. The number of carbonyl (C=O) groups excluding carboxylic acids is 2. The van der Waals surface area contributed by atoms with E-state index < -0.39 is 0 Å². The van der Waals surface area contributed by atoms with Crippen LogP contribution >= 0.6 is 0 Å². The van der Waals surface area contributed by atoms with Crippen LogP contribution < -0.4 is 5.32 Å². The maximum atomic E-state index is 12.2. The second kappa shape index (κ2) is 6.44. The summed E-state index contributed by atoms with van der Waals surface area (Å²) in [6.07, 6.45) is 10.2. The van der Waals surface area contributed by atoms with Gasteiger partial charge in [-0.15, -0.1) is 0 Å². The summed E-state index contributed by atoms with van der Waals surface area (Å²) in [6.45, 7) is 1.81. The van der Waals surface area contributed by atoms with Crippen LogP contribution in [-0.4, -0.2) is 46.6 Å². The molecule has 4 rings (SSSR count). The van der Waals surface area contributed by atoms with Crippen molar-refractivity contribution in [3.8, 4) is 0 Å². The van der Waals surface area contributed by atoms with Crippen molar-refractivity contribution >= 4 is 17.4 Å². The molecule has 25 heavy (non-hydrogen) atoms. The molecule has 0 radical (unpaired) electrons. The molecule has 1 aromatic heterocycles. The Morgan fingerprint density at radius 1 is 1.36 bits per heavy atom. The fraction of sp³-hybridized carbons (Fsp3) is 0.421. The highest BCUT2D eigenvalue weighted by Gasteiger charge is 2.48. The molecule has 1 aromatic rings. The van der Waals surface area contributed by atoms with Crippen LogP contribution in [0.25, 0.3) is 5.57 Å². The Morgan fingerprint density at radius 3 is 2.92 bits per heavy atom. The number of cyclic esters (lactones) is 1. The molecule has 0 aromatic carbocycles. The molecule has 3 heterocycles. The number of aromatic nitrogens is 1. The van der Waals surface area contributed by atoms with Crippen molar-refractivity contribution in [1.29, 1.82) is 0 Å². The zero-order valence-corrected chi connectivity index (χ0v) is 14.1. The van der Waals surface area contributed by atoms with Crippen LogP contribution in [0.3, 0.4) is 0 Å². The van der Waals surface area contributed by atoms with Gasteiger partial charge in [0.05, 0.1) is 6.54 Å². The Morgan fingerprint density at radius 2 is 2.16 bits per heavy atom. The Kier molecular flexibility index (Phi) is 4.13. The van der Waals surface area contributed by atoms with E-state index in [4.69, 9.17) is 4.74 Å². The largest absolute Gasteiger partial charge is 0.443 e. The number of nitrogens with one attached hydrogen (secondary N) is 1. The van der Waals surface area contributed by atoms with E-state index in [2.05, 4.69) is 27.4 Å². The van der Waals surface area contributed by atoms with Crippen molar-refractivity contribution in [2.45, 2.75) is 44.5 Å². The molecule has 1 fully saturated rings. The molecule has 3 atom stereocenters. The summed E-state index contributed by atoms with van der Waals surface area (Å²) in [6, 6.07) is 3.99. The standard InChI is InChI=1S/C19H21N3O3/c1-12(23)21-11-18-22-16-4-2-14(13-6-8-20-9-7-13)10-15(16)3-5-17(22)19(24)25-18/h3,6-10,16-18H,2,4-5,11H2,1H3,(H,21,23)/t16?,17?,18-/m0/s1. The highest BCUT2D eigenvalue weighted by Crippen LogP contribution is 2.39. The lowest BCUT2D eigenvalue weighted by Gasteiger charge is -2.40. The van der Waals surface area contributed by atoms with Crippen molar-refractivity contribution in [2.24, 2.45) is 0 Å². The number of allylic oxidation sites excluding steroid dienone is 1. The molecule has 1 amide bonds. The van der Waals surface area contributed by atoms with Crippen LogP contribution in [0.5, 0.6) is 0 Å². The first kappa shape index (κ1) is 16.0. The molecule has 3 aliphatic rings. The van der Waals surface area contributed by atoms with E-state index in [1.165, 1.54) is 23.6 Å². The second-order valence-electron chi connectivity index (χ2n) is 6.69. The van der Waals surface area contributed by atoms with E-state index in [0.717, 1.165) is 12.8 Å². The van der Waals surface area contributed by atoms with Gasteiger partial charge in [-0.3, -0.25) is 14.6 Å². The monoisotopic (exact) mass is 339 g/mol. The third kappa shape index (κ3) is 2.98. The maximum absolute atomic E-state index is 12.2. The lowest BCUT2D eigenvalue weighted by molar-refractivity contribution is -0.143. The van der Waals surface area contributed by atoms with Crippen LogP contribution in [0.1, 0.15) is 31.7 Å². The van der Waals surface area contributed by atoms with E-state index in [9.17, 15) is 9.59 Å². The quantitative estimate of drug-likeness (QED) is 0.848. The normalized spacial score (nSPS) is 28.4. The molecule has 1 aliphatic carbocycles. The fourth-order valence-electron chi connectivity index (χ4n) is 4.00. The van der Waals surface area contributed by atoms with Crippen LogP contribution in [0.4, 0.5) is 0 Å². The van der Waals surface area contributed by atoms with Gasteiger partial charge < -0.3 is 10.1 Å². The summed E-state index contributed by atoms with van der Waals surface area (Å²) in [5.41, 5.74) is 3.73. The molecule has 2 unspecified atom stereocenters. The summed E-state index contributed by atoms with van der Waals surface area (Å²) >= 11 is 0. The molecule has 0 bridgehead atoms. The number of nitrogens with zero attached hydrogens (tertiary/aromatic N) is 2. The second-order valence-corrected chi connectivity index (χ2v) is 6.69. The summed E-state index contributed by atoms with van der Waals surface area (Å²) in [7, 11) is 0. The molecule has 2 aliphatic heterocycles. The highest BCUT2D eigenvalue weighted by molar-refractivity contribution is 5.80. The maximum Gasteiger partial charge on any atom is 0.325 e. The van der Waals surface area contributed by atoms with E-state index in [1.807, 2.05) is 24.5 Å². The van der Waals surface area contributed by atoms with Crippen LogP contribution in [0, 0.1) is 0 Å². The third-order valence-corrected chi connectivity index (χ3v) is 5.14. The SMILES string of the molecule is CC(=O)NC[C@@H]1OC(=O)C2CC=C3C=C(c4ccncc4)CCC3N21. The topological polar surface area (TPSA) is 71.5 Å². The lowest BCUT2D eigenvalue weighted by Crippen LogP contribution is -2.52. The first-order valence-electron chi connectivity index (χ1n) is 8.67. The number of hydrogen-bond donors (Lipinski definition) is 1. The molecule has 6 heteroatoms. The van der Waals surface area contributed by atoms with E-state index >= 15 is 0 Å². The molecule has 0 saturated carbocycles. The molecular formula is C19H21N3O3. The lowest BCUT2D eigenvalue weighted by atomic mass is 9.83. The van der Waals surface area contributed by atoms with Gasteiger partial charge in [-0.25, -0.2) is 4.90 Å². The van der Waals surface area contributed by atoms with Gasteiger partial charge in [-0.2, -0.15) is 0 Å². The molecule has 1 N–H and O–H groups in total. The van der Waals surface area contributed by atoms with Crippen LogP contribution in [0.2, 0.25) is 0 Å². The van der Waals surface area contributed by atoms with E-state index in [-0.39, 0.29) is 30.2 Å². The van der Waals surface area contributed by atoms with Crippen LogP contribution in [-0.2, 0) is 14.3 Å². The molecule has 130 valence electrons. The zero-order chi connectivity index (χ0) is 17.4. The van der Waals surface area contributed by atoms with Gasteiger partial charge in [-0.05, 0) is 48.1 Å². The predicted octanol–water partition coefficient (Wildman–Crippen LogP) is 1.65. The smallest absolute Gasteiger partial charge is 0.325 e. The van der Waals surface area contributed by atoms with E-state index in [1.54, 1.807) is 0 Å². The Labute approximate surface area is 146 Å². The molecular weight excluding hydrogens is 318 g/mol. The van der Waals surface area contributed by atoms with Crippen molar-refractivity contribution in [3.05, 3.63) is 47.8 Å². The Hall–Kier alpha value is -2.47. The minimum absolute atomic E-state index is 0.115. The number of esters is 1. The van der Waals surface area contributed by atoms with Gasteiger partial charge in [0, 0.05) is 25.4 Å². The minimum Gasteiger partial charge on any atom is -0.443 e. The third-order valence-electron chi connectivity index (χ3n) is 5.14. The number of hydrogen-bond acceptors (Lipinski definition) is 5. The number of fused-ring (bicyclic) bond motifs is 3. The van der Waals surface area contributed by atoms with E-state index in [0.29, 0.717) is 13.0 Å². The number of ether oxygens (including phenoxy) is 1. The molecule has 1 saturated heterocycles. The fourth-order valence-corrected chi connectivity index (χ4v) is 4.00. The van der Waals surface area contributed by atoms with Gasteiger partial charge in [0.2, 0.25) is 5.91 Å². The van der Waals surface area contributed by atoms with Gasteiger partial charge in [0.1, 0.15) is 6.04 Å². The minimum atomic E-state index is -0.383. The summed E-state index contributed by atoms with van der Waals surface area (Å²) in [4.78, 5) is 29.7. The first-order valence-corrected chi connectivity index (χ1v) is 8.67. The summed E-state index contributed by atoms with van der Waals surface area (Å²) in [5.74, 6) is -0.301. The zero-order valence-electron chi connectivity index (χ0n) is 14.1. The molecule has 0 spiro atoms. The highest BCUT2D eigenvalue weighted by atomic mass is 16.6. The van der Waals surface area contributed by atoms with Crippen molar-refractivity contribution in [3.63, 3.8) is 0 Å². The number of pyridine rings is 1. The van der Waals surface area contributed by atoms with Gasteiger partial charge in [0.25, 0.3) is 0 Å². The summed E-state index contributed by atoms with van der Waals surface area (Å²) in [5, 5.41) is 2.77. The summed E-state index contributed by atoms with van der Waals surface area (Å²) < 4.78 is 5.53. The van der Waals surface area contributed by atoms with Crippen molar-refractivity contribution < 1.29 is 14.3 Å². The van der Waals surface area contributed by atoms with Gasteiger partial charge >= 0.3 is 5.97 Å². The van der Waals surface area contributed by atoms with Crippen molar-refractivity contribution in [1.82, 2.24) is 15.2 Å². The van der Waals surface area contributed by atoms with Crippen LogP contribution in [0.15, 0.2) is 42.3 Å². The number of rotatable bonds is 3. The van der Waals surface area contributed by atoms with Crippen molar-refractivity contribution in [2.75, 3.05) is 6.54 Å². The first-order chi connectivity index (χ1) is 12.1. The van der Waals surface area contributed by atoms with Gasteiger partial charge in [0.15, 0.2) is 6.23 Å². The average molecular weight is 339 g/mol.